The number of aliphatic hydroxyl groups excluding tert-OH is 1. The number of ketones is 2. The van der Waals surface area contributed by atoms with E-state index in [9.17, 15) is 19.5 Å². The smallest absolute Gasteiger partial charge is 0.303 e. The third-order valence-electron chi connectivity index (χ3n) is 8.44. The average Bonchev–Trinajstić information content (AvgIpc) is 2.96. The number of carbonyl (C=O) groups excluding carboxylic acids is 2. The van der Waals surface area contributed by atoms with Gasteiger partial charge in [-0.1, -0.05) is 26.3 Å². The minimum atomic E-state index is -0.745. The fraction of sp³-hybridized carbons (Fsp3) is 0.783. The summed E-state index contributed by atoms with van der Waals surface area (Å²) in [6, 6.07) is 0. The summed E-state index contributed by atoms with van der Waals surface area (Å²) in [5.41, 5.74) is 0.884. The van der Waals surface area contributed by atoms with Gasteiger partial charge in [0.25, 0.3) is 0 Å². The Balaban J connectivity index is 0.000000403. The highest BCUT2D eigenvalue weighted by Gasteiger charge is 2.61. The average molecular weight is 391 g/mol. The summed E-state index contributed by atoms with van der Waals surface area (Å²) in [6.45, 7) is 6.10. The van der Waals surface area contributed by atoms with Crippen molar-refractivity contribution in [1.29, 1.82) is 0 Å². The molecule has 4 rings (SSSR count). The van der Waals surface area contributed by atoms with Crippen LogP contribution in [0.2, 0.25) is 0 Å². The van der Waals surface area contributed by atoms with Gasteiger partial charge in [-0.25, -0.2) is 0 Å². The third-order valence-corrected chi connectivity index (χ3v) is 8.44. The minimum Gasteiger partial charge on any atom is -0.481 e. The summed E-state index contributed by atoms with van der Waals surface area (Å²) in [6.07, 6.45) is 8.42. The maximum atomic E-state index is 12.4. The molecular weight excluding hydrogens is 356 g/mol. The van der Waals surface area contributed by atoms with Crippen molar-refractivity contribution in [3.8, 4) is 0 Å². The molecule has 0 unspecified atom stereocenters. The third kappa shape index (κ3) is 3.16. The van der Waals surface area contributed by atoms with Gasteiger partial charge in [0, 0.05) is 30.1 Å². The lowest BCUT2D eigenvalue weighted by Gasteiger charge is -2.59. The lowest BCUT2D eigenvalue weighted by Crippen LogP contribution is -2.55. The van der Waals surface area contributed by atoms with E-state index in [4.69, 9.17) is 5.11 Å². The molecule has 3 fully saturated rings. The largest absolute Gasteiger partial charge is 0.481 e. The number of aliphatic carboxylic acids is 1. The van der Waals surface area contributed by atoms with Gasteiger partial charge in [-0.05, 0) is 61.9 Å². The lowest BCUT2D eigenvalue weighted by atomic mass is 9.45. The Bertz CT molecular complexity index is 695. The zero-order valence-electron chi connectivity index (χ0n) is 17.4. The van der Waals surface area contributed by atoms with Crippen LogP contribution in [-0.4, -0.2) is 34.4 Å². The van der Waals surface area contributed by atoms with Crippen LogP contribution < -0.4 is 0 Å². The number of fused-ring (bicyclic) bond motifs is 5. The van der Waals surface area contributed by atoms with Crippen LogP contribution in [0, 0.1) is 34.5 Å². The predicted octanol–water partition coefficient (Wildman–Crippen LogP) is 3.79. The molecule has 5 nitrogen and oxygen atoms in total. The number of Topliss-reactive ketones (excluding diaryl/α,β-unsaturated/α-hetero) is 1. The van der Waals surface area contributed by atoms with Gasteiger partial charge in [-0.2, -0.15) is 0 Å². The molecule has 28 heavy (non-hydrogen) atoms. The monoisotopic (exact) mass is 390 g/mol. The highest BCUT2D eigenvalue weighted by atomic mass is 16.4. The molecule has 0 aromatic carbocycles. The Morgan fingerprint density at radius 3 is 2.46 bits per heavy atom. The van der Waals surface area contributed by atoms with Crippen molar-refractivity contribution in [2.75, 3.05) is 6.61 Å². The standard InChI is InChI=1S/C20H28O3.C3H6O2/c1-12-9-14(22)10-13-3-4-15-16-5-6-18(23)19(16,2)8-7-17(15)20(12,13)11-21;1-2-3(4)5/h10,12,15-17,21H,3-9,11H2,1-2H3;2H2,1H3,(H,4,5)/t12-,15-,16-,17-,19-,20-;/m0./s1. The summed E-state index contributed by atoms with van der Waals surface area (Å²) < 4.78 is 0. The Kier molecular flexibility index (Phi) is 5.86. The first kappa shape index (κ1) is 21.2. The van der Waals surface area contributed by atoms with Crippen molar-refractivity contribution in [3.05, 3.63) is 11.6 Å². The second-order valence-electron chi connectivity index (χ2n) is 9.52. The van der Waals surface area contributed by atoms with Crippen molar-refractivity contribution in [2.24, 2.45) is 34.5 Å². The molecule has 0 aromatic rings. The van der Waals surface area contributed by atoms with Gasteiger partial charge in [0.05, 0.1) is 6.61 Å². The quantitative estimate of drug-likeness (QED) is 0.748. The second-order valence-corrected chi connectivity index (χ2v) is 9.52. The van der Waals surface area contributed by atoms with E-state index in [2.05, 4.69) is 13.8 Å². The molecule has 4 aliphatic rings. The molecule has 6 atom stereocenters. The van der Waals surface area contributed by atoms with Gasteiger partial charge in [0.15, 0.2) is 5.78 Å². The molecule has 0 aliphatic heterocycles. The number of hydrogen-bond acceptors (Lipinski definition) is 4. The topological polar surface area (TPSA) is 91.7 Å². The predicted molar refractivity (Wildman–Crippen MR) is 106 cm³/mol. The second kappa shape index (κ2) is 7.74. The summed E-state index contributed by atoms with van der Waals surface area (Å²) in [5, 5.41) is 18.1. The van der Waals surface area contributed by atoms with Crippen molar-refractivity contribution in [3.63, 3.8) is 0 Å². The van der Waals surface area contributed by atoms with Gasteiger partial charge in [0.1, 0.15) is 5.78 Å². The minimum absolute atomic E-state index is 0.118. The van der Waals surface area contributed by atoms with Crippen LogP contribution in [-0.2, 0) is 14.4 Å². The fourth-order valence-corrected chi connectivity index (χ4v) is 6.89. The molecule has 0 saturated heterocycles. The number of carbonyl (C=O) groups is 3. The van der Waals surface area contributed by atoms with Crippen molar-refractivity contribution in [2.45, 2.75) is 72.1 Å². The molecule has 3 saturated carbocycles. The lowest BCUT2D eigenvalue weighted by molar-refractivity contribution is -0.137. The van der Waals surface area contributed by atoms with E-state index < -0.39 is 5.97 Å². The molecule has 0 heterocycles. The number of rotatable bonds is 2. The number of carboxylic acids is 1. The zero-order chi connectivity index (χ0) is 20.7. The number of hydrogen-bond donors (Lipinski definition) is 2. The summed E-state index contributed by atoms with van der Waals surface area (Å²) >= 11 is 0. The first-order valence-electron chi connectivity index (χ1n) is 10.8. The van der Waals surface area contributed by atoms with Crippen LogP contribution in [0.25, 0.3) is 0 Å². The van der Waals surface area contributed by atoms with E-state index in [1.165, 1.54) is 5.57 Å². The Hall–Kier alpha value is -1.49. The summed E-state index contributed by atoms with van der Waals surface area (Å²) in [7, 11) is 0. The van der Waals surface area contributed by atoms with Gasteiger partial charge >= 0.3 is 5.97 Å². The molecule has 156 valence electrons. The van der Waals surface area contributed by atoms with Gasteiger partial charge in [-0.3, -0.25) is 14.4 Å². The van der Waals surface area contributed by atoms with Crippen molar-refractivity contribution >= 4 is 17.5 Å². The van der Waals surface area contributed by atoms with Crippen molar-refractivity contribution < 1.29 is 24.6 Å². The molecule has 2 N–H and O–H groups in total. The molecular formula is C23H34O5. The number of aliphatic hydroxyl groups is 1. The highest BCUT2D eigenvalue weighted by Crippen LogP contribution is 2.65. The first-order chi connectivity index (χ1) is 13.2. The maximum absolute atomic E-state index is 12.4. The van der Waals surface area contributed by atoms with Crippen LogP contribution in [0.1, 0.15) is 72.1 Å². The van der Waals surface area contributed by atoms with E-state index in [0.29, 0.717) is 30.0 Å². The molecule has 4 aliphatic carbocycles. The maximum Gasteiger partial charge on any atom is 0.303 e. The zero-order valence-corrected chi connectivity index (χ0v) is 17.4. The Labute approximate surface area is 167 Å². The van der Waals surface area contributed by atoms with E-state index in [-0.39, 0.29) is 35.6 Å². The molecule has 0 bridgehead atoms. The van der Waals surface area contributed by atoms with Crippen LogP contribution in [0.4, 0.5) is 0 Å². The summed E-state index contributed by atoms with van der Waals surface area (Å²) in [5.74, 6) is 1.64. The van der Waals surface area contributed by atoms with Crippen LogP contribution in [0.3, 0.4) is 0 Å². The van der Waals surface area contributed by atoms with E-state index >= 15 is 0 Å². The summed E-state index contributed by atoms with van der Waals surface area (Å²) in [4.78, 5) is 33.8. The van der Waals surface area contributed by atoms with E-state index in [1.54, 1.807) is 6.92 Å². The molecule has 0 spiro atoms. The molecule has 5 heteroatoms. The van der Waals surface area contributed by atoms with Crippen LogP contribution in [0.5, 0.6) is 0 Å². The Morgan fingerprint density at radius 2 is 1.86 bits per heavy atom. The number of carboxylic acid groups (broad SMARTS) is 1. The Morgan fingerprint density at radius 1 is 1.18 bits per heavy atom. The van der Waals surface area contributed by atoms with Crippen molar-refractivity contribution in [1.82, 2.24) is 0 Å². The molecule has 0 amide bonds. The normalized spacial score (nSPS) is 41.8. The van der Waals surface area contributed by atoms with E-state index in [0.717, 1.165) is 38.5 Å². The fourth-order valence-electron chi connectivity index (χ4n) is 6.89. The SMILES string of the molecule is CCC(=O)O.C[C@H]1CC(=O)C=C2CC[C@@H]3[C@H](CC[C@]4(C)C(=O)CC[C@@H]34)[C@]21CO. The first-order valence-corrected chi connectivity index (χ1v) is 10.8. The van der Waals surface area contributed by atoms with Gasteiger partial charge in [-0.15, -0.1) is 0 Å². The molecule has 0 radical (unpaired) electrons. The van der Waals surface area contributed by atoms with Gasteiger partial charge in [0.2, 0.25) is 0 Å². The van der Waals surface area contributed by atoms with Crippen LogP contribution in [0.15, 0.2) is 11.6 Å². The van der Waals surface area contributed by atoms with Crippen LogP contribution >= 0.6 is 0 Å². The van der Waals surface area contributed by atoms with Gasteiger partial charge < -0.3 is 10.2 Å². The van der Waals surface area contributed by atoms with E-state index in [1.807, 2.05) is 6.08 Å². The molecule has 0 aromatic heterocycles. The highest BCUT2D eigenvalue weighted by molar-refractivity contribution is 5.92.